The monoisotopic (exact) mass is 349 g/mol. The molecule has 2 unspecified atom stereocenters. The molecule has 1 N–H and O–H groups in total. The Morgan fingerprint density at radius 3 is 2.65 bits per heavy atom. The number of aryl methyl sites for hydroxylation is 1. The Balaban J connectivity index is 1.77. The van der Waals surface area contributed by atoms with Crippen LogP contribution in [0.4, 0.5) is 11.5 Å². The molecule has 2 heterocycles. The molecule has 4 heteroatoms. The fraction of sp³-hybridized carbons (Fsp3) is 0.455. The highest BCUT2D eigenvalue weighted by atomic mass is 16.2. The maximum Gasteiger partial charge on any atom is 0.226 e. The third-order valence-corrected chi connectivity index (χ3v) is 5.76. The molecule has 1 saturated carbocycles. The number of nitrogens with one attached hydrogen (secondary N) is 1. The van der Waals surface area contributed by atoms with Crippen molar-refractivity contribution in [1.82, 2.24) is 4.98 Å². The van der Waals surface area contributed by atoms with Crippen LogP contribution in [0.25, 0.3) is 0 Å². The maximum absolute atomic E-state index is 12.8. The minimum Gasteiger partial charge on any atom is -0.363 e. The van der Waals surface area contributed by atoms with Crippen LogP contribution in [-0.4, -0.2) is 16.9 Å². The Labute approximate surface area is 155 Å². The molecule has 26 heavy (non-hydrogen) atoms. The fourth-order valence-electron chi connectivity index (χ4n) is 4.39. The second-order valence-electron chi connectivity index (χ2n) is 7.65. The Morgan fingerprint density at radius 1 is 1.19 bits per heavy atom. The number of benzene rings is 1. The van der Waals surface area contributed by atoms with E-state index < -0.39 is 0 Å². The average Bonchev–Trinajstić information content (AvgIpc) is 3.48. The molecule has 2 aromatic rings. The zero-order valence-electron chi connectivity index (χ0n) is 15.8. The molecule has 3 atom stereocenters. The van der Waals surface area contributed by atoms with E-state index in [1.165, 1.54) is 18.4 Å². The van der Waals surface area contributed by atoms with Crippen LogP contribution in [0.2, 0.25) is 0 Å². The first-order valence-corrected chi connectivity index (χ1v) is 9.71. The minimum absolute atomic E-state index is 0.159. The number of hydrogen-bond donors (Lipinski definition) is 1. The molecule has 136 valence electrons. The Kier molecular flexibility index (Phi) is 4.43. The van der Waals surface area contributed by atoms with Gasteiger partial charge in [0.25, 0.3) is 0 Å². The van der Waals surface area contributed by atoms with E-state index in [0.29, 0.717) is 18.3 Å². The highest BCUT2D eigenvalue weighted by Gasteiger charge is 2.47. The molecule has 1 aliphatic carbocycles. The summed E-state index contributed by atoms with van der Waals surface area (Å²) in [5.74, 6) is 2.08. The van der Waals surface area contributed by atoms with Crippen molar-refractivity contribution < 1.29 is 4.79 Å². The van der Waals surface area contributed by atoms with Gasteiger partial charge < -0.3 is 10.2 Å². The predicted octanol–water partition coefficient (Wildman–Crippen LogP) is 4.71. The molecule has 1 aliphatic heterocycles. The van der Waals surface area contributed by atoms with Crippen molar-refractivity contribution in [3.05, 3.63) is 53.7 Å². The van der Waals surface area contributed by atoms with Crippen LogP contribution in [0, 0.1) is 18.8 Å². The maximum atomic E-state index is 12.8. The Hall–Kier alpha value is -2.36. The first-order valence-electron chi connectivity index (χ1n) is 9.71. The van der Waals surface area contributed by atoms with Crippen LogP contribution in [-0.2, 0) is 4.79 Å². The number of fused-ring (bicyclic) bond motifs is 1. The van der Waals surface area contributed by atoms with Gasteiger partial charge in [0.1, 0.15) is 5.82 Å². The summed E-state index contributed by atoms with van der Waals surface area (Å²) in [6.07, 6.45) is 2.99. The van der Waals surface area contributed by atoms with Crippen LogP contribution >= 0.6 is 0 Å². The van der Waals surface area contributed by atoms with Crippen molar-refractivity contribution >= 4 is 17.4 Å². The number of carbonyl (C=O) groups is 1. The van der Waals surface area contributed by atoms with Gasteiger partial charge in [-0.3, -0.25) is 4.79 Å². The summed E-state index contributed by atoms with van der Waals surface area (Å²) < 4.78 is 0. The van der Waals surface area contributed by atoms with Gasteiger partial charge in [-0.2, -0.15) is 0 Å². The second-order valence-corrected chi connectivity index (χ2v) is 7.65. The lowest BCUT2D eigenvalue weighted by Gasteiger charge is -2.46. The topological polar surface area (TPSA) is 45.2 Å². The first-order chi connectivity index (χ1) is 12.6. The number of nitrogens with zero attached hydrogens (tertiary/aromatic N) is 2. The van der Waals surface area contributed by atoms with Crippen molar-refractivity contribution in [2.75, 3.05) is 10.2 Å². The third-order valence-electron chi connectivity index (χ3n) is 5.76. The lowest BCUT2D eigenvalue weighted by molar-refractivity contribution is -0.119. The standard InChI is InChI=1S/C22H27N3O/c1-4-20(26)25-18-10-6-5-9-17(18)21(15(3)22(25)16-12-13-16)24-19-11-7-8-14(2)23-19/h5-11,15-16,21-22H,4,12-13H2,1-3H3,(H,23,24)/t15?,21?,22-/m1/s1. The number of para-hydroxylation sites is 1. The lowest BCUT2D eigenvalue weighted by atomic mass is 9.80. The van der Waals surface area contributed by atoms with E-state index in [0.717, 1.165) is 17.2 Å². The molecule has 4 rings (SSSR count). The minimum atomic E-state index is 0.159. The largest absolute Gasteiger partial charge is 0.363 e. The molecule has 1 fully saturated rings. The molecular formula is C22H27N3O. The normalized spacial score (nSPS) is 24.9. The molecular weight excluding hydrogens is 322 g/mol. The molecule has 1 aromatic heterocycles. The number of pyridine rings is 1. The molecule has 0 spiro atoms. The highest BCUT2D eigenvalue weighted by molar-refractivity contribution is 5.95. The van der Waals surface area contributed by atoms with Gasteiger partial charge in [-0.25, -0.2) is 4.98 Å². The van der Waals surface area contributed by atoms with Crippen molar-refractivity contribution in [1.29, 1.82) is 0 Å². The highest BCUT2D eigenvalue weighted by Crippen LogP contribution is 2.49. The number of anilines is 2. The van der Waals surface area contributed by atoms with Gasteiger partial charge in [0, 0.05) is 29.8 Å². The van der Waals surface area contributed by atoms with E-state index in [-0.39, 0.29) is 18.0 Å². The zero-order chi connectivity index (χ0) is 18.3. The summed E-state index contributed by atoms with van der Waals surface area (Å²) in [5, 5.41) is 3.67. The van der Waals surface area contributed by atoms with Crippen molar-refractivity contribution in [3.8, 4) is 0 Å². The van der Waals surface area contributed by atoms with Crippen LogP contribution < -0.4 is 10.2 Å². The van der Waals surface area contributed by atoms with Gasteiger partial charge in [0.15, 0.2) is 0 Å². The molecule has 0 radical (unpaired) electrons. The van der Waals surface area contributed by atoms with Crippen LogP contribution in [0.5, 0.6) is 0 Å². The average molecular weight is 349 g/mol. The van der Waals surface area contributed by atoms with Gasteiger partial charge in [-0.1, -0.05) is 38.1 Å². The van der Waals surface area contributed by atoms with Gasteiger partial charge >= 0.3 is 0 Å². The zero-order valence-corrected chi connectivity index (χ0v) is 15.8. The molecule has 1 aromatic carbocycles. The van der Waals surface area contributed by atoms with Gasteiger partial charge in [-0.15, -0.1) is 0 Å². The summed E-state index contributed by atoms with van der Waals surface area (Å²) in [4.78, 5) is 19.6. The van der Waals surface area contributed by atoms with E-state index in [4.69, 9.17) is 0 Å². The van der Waals surface area contributed by atoms with Crippen molar-refractivity contribution in [3.63, 3.8) is 0 Å². The van der Waals surface area contributed by atoms with E-state index in [1.54, 1.807) is 0 Å². The molecule has 4 nitrogen and oxygen atoms in total. The summed E-state index contributed by atoms with van der Waals surface area (Å²) in [6.45, 7) is 6.25. The summed E-state index contributed by atoms with van der Waals surface area (Å²) in [6, 6.07) is 14.9. The van der Waals surface area contributed by atoms with Crippen LogP contribution in [0.1, 0.15) is 50.4 Å². The molecule has 0 saturated heterocycles. The van der Waals surface area contributed by atoms with Crippen LogP contribution in [0.3, 0.4) is 0 Å². The van der Waals surface area contributed by atoms with E-state index >= 15 is 0 Å². The summed E-state index contributed by atoms with van der Waals surface area (Å²) in [5.41, 5.74) is 3.27. The van der Waals surface area contributed by atoms with Crippen LogP contribution in [0.15, 0.2) is 42.5 Å². The smallest absolute Gasteiger partial charge is 0.226 e. The van der Waals surface area contributed by atoms with E-state index in [9.17, 15) is 4.79 Å². The number of hydrogen-bond acceptors (Lipinski definition) is 3. The van der Waals surface area contributed by atoms with Crippen molar-refractivity contribution in [2.24, 2.45) is 11.8 Å². The molecule has 2 aliphatic rings. The molecule has 1 amide bonds. The third kappa shape index (κ3) is 2.98. The van der Waals surface area contributed by atoms with Gasteiger partial charge in [0.05, 0.1) is 6.04 Å². The Morgan fingerprint density at radius 2 is 1.96 bits per heavy atom. The SMILES string of the molecule is CCC(=O)N1c2ccccc2C(Nc2cccc(C)n2)C(C)[C@@H]1C1CC1. The predicted molar refractivity (Wildman–Crippen MR) is 105 cm³/mol. The number of rotatable bonds is 4. The van der Waals surface area contributed by atoms with Gasteiger partial charge in [0.2, 0.25) is 5.91 Å². The second kappa shape index (κ2) is 6.75. The fourth-order valence-corrected chi connectivity index (χ4v) is 4.39. The number of carbonyl (C=O) groups excluding carboxylic acids is 1. The quantitative estimate of drug-likeness (QED) is 0.869. The van der Waals surface area contributed by atoms with E-state index in [2.05, 4.69) is 40.3 Å². The van der Waals surface area contributed by atoms with Gasteiger partial charge in [-0.05, 0) is 49.4 Å². The first kappa shape index (κ1) is 17.1. The summed E-state index contributed by atoms with van der Waals surface area (Å²) in [7, 11) is 0. The van der Waals surface area contributed by atoms with Crippen molar-refractivity contribution in [2.45, 2.75) is 52.1 Å². The Bertz CT molecular complexity index is 815. The van der Waals surface area contributed by atoms with E-state index in [1.807, 2.05) is 38.1 Å². The number of aromatic nitrogens is 1. The lowest BCUT2D eigenvalue weighted by Crippen LogP contribution is -2.51. The number of amides is 1. The molecule has 0 bridgehead atoms. The summed E-state index contributed by atoms with van der Waals surface area (Å²) >= 11 is 0.